The van der Waals surface area contributed by atoms with E-state index in [0.717, 1.165) is 17.8 Å². The summed E-state index contributed by atoms with van der Waals surface area (Å²) < 4.78 is 56.7. The number of aryl methyl sites for hydroxylation is 1. The number of halogens is 4. The zero-order chi connectivity index (χ0) is 18.7. The van der Waals surface area contributed by atoms with Gasteiger partial charge in [0.2, 0.25) is 5.91 Å². The van der Waals surface area contributed by atoms with E-state index in [-0.39, 0.29) is 24.2 Å². The Balaban J connectivity index is 1.41. The van der Waals surface area contributed by atoms with Gasteiger partial charge in [0.1, 0.15) is 5.82 Å². The minimum Gasteiger partial charge on any atom is -0.370 e. The Morgan fingerprint density at radius 1 is 1.35 bits per heavy atom. The van der Waals surface area contributed by atoms with Gasteiger partial charge in [-0.05, 0) is 18.6 Å². The average molecular weight is 372 g/mol. The molecule has 1 fully saturated rings. The average Bonchev–Trinajstić information content (AvgIpc) is 3.05. The number of nitrogens with one attached hydrogen (secondary N) is 1. The molecule has 1 aromatic carbocycles. The third kappa shape index (κ3) is 4.37. The number of ether oxygens (including phenoxy) is 1. The number of rotatable bonds is 6. The summed E-state index contributed by atoms with van der Waals surface area (Å²) in [4.78, 5) is 13.6. The molecule has 1 aromatic heterocycles. The highest BCUT2D eigenvalue weighted by Crippen LogP contribution is 2.30. The highest BCUT2D eigenvalue weighted by Gasteiger charge is 2.32. The highest BCUT2D eigenvalue weighted by atomic mass is 19.4. The van der Waals surface area contributed by atoms with Crippen LogP contribution < -0.4 is 0 Å². The largest absolute Gasteiger partial charge is 0.416 e. The van der Waals surface area contributed by atoms with Crippen LogP contribution in [-0.4, -0.2) is 45.4 Å². The van der Waals surface area contributed by atoms with E-state index in [2.05, 4.69) is 15.4 Å². The zero-order valence-corrected chi connectivity index (χ0v) is 13.6. The Bertz CT molecular complexity index is 758. The molecule has 10 heteroatoms. The molecule has 0 unspecified atom stereocenters. The van der Waals surface area contributed by atoms with Gasteiger partial charge < -0.3 is 9.64 Å². The van der Waals surface area contributed by atoms with Crippen molar-refractivity contribution in [1.82, 2.24) is 20.3 Å². The Hall–Kier alpha value is -2.49. The molecule has 1 aliphatic heterocycles. The Kier molecular flexibility index (Phi) is 5.21. The minimum atomic E-state index is -4.58. The number of carbonyl (C=O) groups excluding carboxylic acids is 1. The molecule has 0 spiro atoms. The van der Waals surface area contributed by atoms with Gasteiger partial charge in [-0.1, -0.05) is 11.3 Å². The topological polar surface area (TPSA) is 71.1 Å². The molecule has 1 N–H and O–H groups in total. The van der Waals surface area contributed by atoms with E-state index < -0.39 is 17.6 Å². The van der Waals surface area contributed by atoms with Crippen LogP contribution in [0.25, 0.3) is 0 Å². The summed E-state index contributed by atoms with van der Waals surface area (Å²) in [5.41, 5.74) is -0.217. The number of aromatic amines is 1. The first-order valence-electron chi connectivity index (χ1n) is 7.93. The molecule has 0 saturated carbocycles. The van der Waals surface area contributed by atoms with Crippen molar-refractivity contribution in [2.75, 3.05) is 13.1 Å². The molecule has 0 bridgehead atoms. The van der Waals surface area contributed by atoms with Gasteiger partial charge in [0.05, 0.1) is 30.2 Å². The Morgan fingerprint density at radius 2 is 2.12 bits per heavy atom. The summed E-state index contributed by atoms with van der Waals surface area (Å²) in [5, 5.41) is 9.85. The van der Waals surface area contributed by atoms with Gasteiger partial charge in [0, 0.05) is 25.1 Å². The van der Waals surface area contributed by atoms with Crippen molar-refractivity contribution in [1.29, 1.82) is 0 Å². The molecule has 1 saturated heterocycles. The quantitative estimate of drug-likeness (QED) is 0.790. The van der Waals surface area contributed by atoms with Crippen LogP contribution in [0.3, 0.4) is 0 Å². The summed E-state index contributed by atoms with van der Waals surface area (Å²) in [6.45, 7) is 0.612. The first-order chi connectivity index (χ1) is 12.3. The van der Waals surface area contributed by atoms with E-state index in [9.17, 15) is 22.4 Å². The third-order valence-electron chi connectivity index (χ3n) is 4.13. The van der Waals surface area contributed by atoms with E-state index in [1.54, 1.807) is 11.1 Å². The highest BCUT2D eigenvalue weighted by molar-refractivity contribution is 5.77. The monoisotopic (exact) mass is 372 g/mol. The maximum Gasteiger partial charge on any atom is 0.416 e. The maximum absolute atomic E-state index is 13.7. The SMILES string of the molecule is O=C(CCc1cnn[nH]1)N1CC(OCc2ccc(C(F)(F)F)cc2F)C1. The second kappa shape index (κ2) is 7.40. The first kappa shape index (κ1) is 18.3. The molecule has 0 aliphatic carbocycles. The minimum absolute atomic E-state index is 0.0415. The molecule has 0 atom stereocenters. The lowest BCUT2D eigenvalue weighted by atomic mass is 10.1. The predicted molar refractivity (Wildman–Crippen MR) is 81.3 cm³/mol. The Morgan fingerprint density at radius 3 is 2.73 bits per heavy atom. The fraction of sp³-hybridized carbons (Fsp3) is 0.438. The number of hydrogen-bond donors (Lipinski definition) is 1. The van der Waals surface area contributed by atoms with Crippen LogP contribution in [0.4, 0.5) is 17.6 Å². The van der Waals surface area contributed by atoms with Crippen molar-refractivity contribution in [2.45, 2.75) is 31.7 Å². The summed E-state index contributed by atoms with van der Waals surface area (Å²) >= 11 is 0. The molecule has 2 aromatic rings. The lowest BCUT2D eigenvalue weighted by molar-refractivity contribution is -0.145. The normalized spacial score (nSPS) is 15.2. The first-order valence-corrected chi connectivity index (χ1v) is 7.93. The lowest BCUT2D eigenvalue weighted by Crippen LogP contribution is -2.54. The van der Waals surface area contributed by atoms with Crippen LogP contribution in [0.5, 0.6) is 0 Å². The second-order valence-corrected chi connectivity index (χ2v) is 6.02. The summed E-state index contributed by atoms with van der Waals surface area (Å²) in [6.07, 6.45) is -2.47. The van der Waals surface area contributed by atoms with E-state index >= 15 is 0 Å². The molecule has 6 nitrogen and oxygen atoms in total. The van der Waals surface area contributed by atoms with Crippen LogP contribution in [-0.2, 0) is 28.7 Å². The molecular formula is C16H16F4N4O2. The van der Waals surface area contributed by atoms with Crippen molar-refractivity contribution >= 4 is 5.91 Å². The molecule has 0 radical (unpaired) electrons. The van der Waals surface area contributed by atoms with Crippen molar-refractivity contribution in [3.05, 3.63) is 47.0 Å². The Labute approximate surface area is 146 Å². The van der Waals surface area contributed by atoms with Crippen LogP contribution in [0, 0.1) is 5.82 Å². The van der Waals surface area contributed by atoms with Crippen LogP contribution in [0.1, 0.15) is 23.2 Å². The number of hydrogen-bond acceptors (Lipinski definition) is 4. The number of likely N-dealkylation sites (tertiary alicyclic amines) is 1. The number of carbonyl (C=O) groups is 1. The van der Waals surface area contributed by atoms with Crippen LogP contribution in [0.15, 0.2) is 24.4 Å². The second-order valence-electron chi connectivity index (χ2n) is 6.02. The number of nitrogens with zero attached hydrogens (tertiary/aromatic N) is 3. The van der Waals surface area contributed by atoms with E-state index in [1.807, 2.05) is 0 Å². The van der Waals surface area contributed by atoms with Gasteiger partial charge in [-0.2, -0.15) is 13.2 Å². The molecule has 140 valence electrons. The van der Waals surface area contributed by atoms with Gasteiger partial charge in [-0.15, -0.1) is 5.10 Å². The van der Waals surface area contributed by atoms with Gasteiger partial charge >= 0.3 is 6.18 Å². The summed E-state index contributed by atoms with van der Waals surface area (Å²) in [6, 6.07) is 2.35. The van der Waals surface area contributed by atoms with Gasteiger partial charge in [-0.25, -0.2) is 4.39 Å². The van der Waals surface area contributed by atoms with E-state index in [0.29, 0.717) is 32.0 Å². The van der Waals surface area contributed by atoms with E-state index in [4.69, 9.17) is 4.74 Å². The lowest BCUT2D eigenvalue weighted by Gasteiger charge is -2.39. The number of H-pyrrole nitrogens is 1. The fourth-order valence-electron chi connectivity index (χ4n) is 2.54. The smallest absolute Gasteiger partial charge is 0.370 e. The van der Waals surface area contributed by atoms with Gasteiger partial charge in [-0.3, -0.25) is 9.89 Å². The number of benzene rings is 1. The third-order valence-corrected chi connectivity index (χ3v) is 4.13. The van der Waals surface area contributed by atoms with Crippen molar-refractivity contribution in [3.8, 4) is 0 Å². The molecule has 1 amide bonds. The standard InChI is InChI=1S/C16H16F4N4O2/c17-14-5-11(16(18,19)20)2-1-10(14)9-26-13-7-24(8-13)15(25)4-3-12-6-21-23-22-12/h1-2,5-6,13H,3-4,7-9H2,(H,21,22,23). The summed E-state index contributed by atoms with van der Waals surface area (Å²) in [7, 11) is 0. The number of alkyl halides is 3. The van der Waals surface area contributed by atoms with Crippen LogP contribution in [0.2, 0.25) is 0 Å². The number of amides is 1. The molecule has 3 rings (SSSR count). The predicted octanol–water partition coefficient (Wildman–Crippen LogP) is 2.32. The fourth-order valence-corrected chi connectivity index (χ4v) is 2.54. The molecule has 1 aliphatic rings. The maximum atomic E-state index is 13.7. The summed E-state index contributed by atoms with van der Waals surface area (Å²) in [5.74, 6) is -1.000. The van der Waals surface area contributed by atoms with Crippen LogP contribution >= 0.6 is 0 Å². The van der Waals surface area contributed by atoms with Gasteiger partial charge in [0.15, 0.2) is 0 Å². The number of aromatic nitrogens is 3. The molecule has 2 heterocycles. The molecular weight excluding hydrogens is 356 g/mol. The van der Waals surface area contributed by atoms with Crippen molar-refractivity contribution in [2.24, 2.45) is 0 Å². The molecule has 26 heavy (non-hydrogen) atoms. The van der Waals surface area contributed by atoms with Crippen molar-refractivity contribution < 1.29 is 27.1 Å². The van der Waals surface area contributed by atoms with E-state index in [1.165, 1.54) is 0 Å². The van der Waals surface area contributed by atoms with Crippen molar-refractivity contribution in [3.63, 3.8) is 0 Å². The zero-order valence-electron chi connectivity index (χ0n) is 13.6. The van der Waals surface area contributed by atoms with Gasteiger partial charge in [0.25, 0.3) is 0 Å².